The van der Waals surface area contributed by atoms with E-state index in [9.17, 15) is 9.59 Å². The molecule has 0 bridgehead atoms. The van der Waals surface area contributed by atoms with Gasteiger partial charge in [0.05, 0.1) is 18.7 Å². The standard InChI is InChI=1S/C17H32N2O3/c1-9-22-16(21)12(4)10-13(11(2)3)19(8)15(20)14(18)17(5,6)7/h10-11,13-14H,9,18H2,1-8H3/t13-,14?/m1/s1. The van der Waals surface area contributed by atoms with Crippen LogP contribution in [0, 0.1) is 11.3 Å². The van der Waals surface area contributed by atoms with Gasteiger partial charge in [0.2, 0.25) is 5.91 Å². The second-order valence-electron chi connectivity index (χ2n) is 7.10. The van der Waals surface area contributed by atoms with Gasteiger partial charge in [-0.2, -0.15) is 0 Å². The Bertz CT molecular complexity index is 422. The number of esters is 1. The lowest BCUT2D eigenvalue weighted by atomic mass is 9.86. The third kappa shape index (κ3) is 5.79. The number of carbonyl (C=O) groups excluding carboxylic acids is 2. The van der Waals surface area contributed by atoms with E-state index in [-0.39, 0.29) is 29.3 Å². The van der Waals surface area contributed by atoms with Crippen molar-refractivity contribution in [1.82, 2.24) is 4.90 Å². The number of nitrogens with two attached hydrogens (primary N) is 1. The number of nitrogens with zero attached hydrogens (tertiary/aromatic N) is 1. The predicted molar refractivity (Wildman–Crippen MR) is 89.2 cm³/mol. The highest BCUT2D eigenvalue weighted by Gasteiger charge is 2.33. The molecule has 0 rings (SSSR count). The van der Waals surface area contributed by atoms with Crippen LogP contribution in [-0.2, 0) is 14.3 Å². The number of rotatable bonds is 6. The molecule has 0 fully saturated rings. The zero-order valence-corrected chi connectivity index (χ0v) is 15.3. The fourth-order valence-electron chi connectivity index (χ4n) is 2.06. The molecule has 5 nitrogen and oxygen atoms in total. The molecule has 2 N–H and O–H groups in total. The van der Waals surface area contributed by atoms with Gasteiger partial charge in [0.15, 0.2) is 0 Å². The van der Waals surface area contributed by atoms with Crippen LogP contribution in [0.5, 0.6) is 0 Å². The van der Waals surface area contributed by atoms with Crippen LogP contribution in [-0.4, -0.2) is 42.5 Å². The maximum Gasteiger partial charge on any atom is 0.333 e. The van der Waals surface area contributed by atoms with Crippen LogP contribution in [0.15, 0.2) is 11.6 Å². The van der Waals surface area contributed by atoms with Gasteiger partial charge in [-0.25, -0.2) is 4.79 Å². The summed E-state index contributed by atoms with van der Waals surface area (Å²) < 4.78 is 4.99. The molecule has 1 amide bonds. The van der Waals surface area contributed by atoms with Crippen molar-refractivity contribution < 1.29 is 14.3 Å². The Morgan fingerprint density at radius 3 is 2.14 bits per heavy atom. The lowest BCUT2D eigenvalue weighted by Crippen LogP contribution is -2.52. The highest BCUT2D eigenvalue weighted by atomic mass is 16.5. The molecule has 0 saturated heterocycles. The zero-order valence-electron chi connectivity index (χ0n) is 15.3. The van der Waals surface area contributed by atoms with Crippen molar-refractivity contribution in [3.63, 3.8) is 0 Å². The van der Waals surface area contributed by atoms with Crippen molar-refractivity contribution >= 4 is 11.9 Å². The van der Waals surface area contributed by atoms with E-state index in [0.717, 1.165) is 0 Å². The van der Waals surface area contributed by atoms with Crippen LogP contribution in [0.2, 0.25) is 0 Å². The Morgan fingerprint density at radius 1 is 1.27 bits per heavy atom. The van der Waals surface area contributed by atoms with E-state index >= 15 is 0 Å². The van der Waals surface area contributed by atoms with Gasteiger partial charge in [-0.3, -0.25) is 4.79 Å². The van der Waals surface area contributed by atoms with E-state index in [1.54, 1.807) is 31.9 Å². The first kappa shape index (κ1) is 20.6. The van der Waals surface area contributed by atoms with E-state index in [0.29, 0.717) is 12.2 Å². The average molecular weight is 312 g/mol. The molecule has 0 aromatic heterocycles. The van der Waals surface area contributed by atoms with Crippen LogP contribution in [0.4, 0.5) is 0 Å². The summed E-state index contributed by atoms with van der Waals surface area (Å²) in [6.45, 7) is 13.6. The summed E-state index contributed by atoms with van der Waals surface area (Å²) in [5.74, 6) is -0.321. The fourth-order valence-corrected chi connectivity index (χ4v) is 2.06. The Kier molecular flexibility index (Phi) is 7.81. The lowest BCUT2D eigenvalue weighted by molar-refractivity contribution is -0.139. The highest BCUT2D eigenvalue weighted by molar-refractivity contribution is 5.88. The van der Waals surface area contributed by atoms with Crippen molar-refractivity contribution in [3.05, 3.63) is 11.6 Å². The summed E-state index contributed by atoms with van der Waals surface area (Å²) in [5.41, 5.74) is 6.26. The molecule has 0 aromatic rings. The van der Waals surface area contributed by atoms with Gasteiger partial charge in [-0.05, 0) is 25.2 Å². The van der Waals surface area contributed by atoms with Crippen LogP contribution in [0.25, 0.3) is 0 Å². The molecule has 2 atom stereocenters. The molecule has 1 unspecified atom stereocenters. The van der Waals surface area contributed by atoms with E-state index in [1.807, 2.05) is 34.6 Å². The van der Waals surface area contributed by atoms with Gasteiger partial charge in [-0.15, -0.1) is 0 Å². The van der Waals surface area contributed by atoms with Gasteiger partial charge < -0.3 is 15.4 Å². The van der Waals surface area contributed by atoms with Crippen molar-refractivity contribution in [2.24, 2.45) is 17.1 Å². The van der Waals surface area contributed by atoms with Crippen LogP contribution in [0.1, 0.15) is 48.5 Å². The minimum Gasteiger partial charge on any atom is -0.463 e. The number of amides is 1. The van der Waals surface area contributed by atoms with Crippen molar-refractivity contribution in [3.8, 4) is 0 Å². The quantitative estimate of drug-likeness (QED) is 0.603. The molecule has 128 valence electrons. The number of carbonyl (C=O) groups is 2. The minimum absolute atomic E-state index is 0.126. The topological polar surface area (TPSA) is 72.6 Å². The normalized spacial score (nSPS) is 15.5. The van der Waals surface area contributed by atoms with Crippen molar-refractivity contribution in [2.45, 2.75) is 60.5 Å². The summed E-state index contributed by atoms with van der Waals surface area (Å²) >= 11 is 0. The average Bonchev–Trinajstić information content (AvgIpc) is 2.40. The number of hydrogen-bond acceptors (Lipinski definition) is 4. The van der Waals surface area contributed by atoms with Gasteiger partial charge in [0.25, 0.3) is 0 Å². The molecule has 22 heavy (non-hydrogen) atoms. The smallest absolute Gasteiger partial charge is 0.333 e. The Morgan fingerprint density at radius 2 is 1.77 bits per heavy atom. The molecule has 0 saturated carbocycles. The third-order valence-electron chi connectivity index (χ3n) is 3.70. The molecular weight excluding hydrogens is 280 g/mol. The molecular formula is C17H32N2O3. The van der Waals surface area contributed by atoms with Crippen LogP contribution < -0.4 is 5.73 Å². The molecule has 0 aliphatic carbocycles. The van der Waals surface area contributed by atoms with E-state index in [4.69, 9.17) is 10.5 Å². The van der Waals surface area contributed by atoms with E-state index < -0.39 is 6.04 Å². The maximum atomic E-state index is 12.6. The first-order valence-corrected chi connectivity index (χ1v) is 7.81. The number of likely N-dealkylation sites (N-methyl/N-ethyl adjacent to an activating group) is 1. The summed E-state index contributed by atoms with van der Waals surface area (Å²) in [7, 11) is 1.73. The second kappa shape index (κ2) is 8.32. The van der Waals surface area contributed by atoms with Crippen LogP contribution in [0.3, 0.4) is 0 Å². The van der Waals surface area contributed by atoms with Gasteiger partial charge in [-0.1, -0.05) is 40.7 Å². The predicted octanol–water partition coefficient (Wildman–Crippen LogP) is 2.35. The fraction of sp³-hybridized carbons (Fsp3) is 0.765. The molecule has 0 spiro atoms. The Balaban J connectivity index is 5.30. The SMILES string of the molecule is CCOC(=O)C(C)=C[C@H](C(C)C)N(C)C(=O)C(N)C(C)(C)C. The molecule has 0 aliphatic heterocycles. The largest absolute Gasteiger partial charge is 0.463 e. The summed E-state index contributed by atoms with van der Waals surface area (Å²) in [4.78, 5) is 26.0. The minimum atomic E-state index is -0.588. The monoisotopic (exact) mass is 312 g/mol. The van der Waals surface area contributed by atoms with Crippen LogP contribution >= 0.6 is 0 Å². The second-order valence-corrected chi connectivity index (χ2v) is 7.10. The molecule has 5 heteroatoms. The Hall–Kier alpha value is -1.36. The third-order valence-corrected chi connectivity index (χ3v) is 3.70. The highest BCUT2D eigenvalue weighted by Crippen LogP contribution is 2.22. The molecule has 0 heterocycles. The van der Waals surface area contributed by atoms with Gasteiger partial charge in [0, 0.05) is 12.6 Å². The Labute approximate surface area is 134 Å². The van der Waals surface area contributed by atoms with Gasteiger partial charge in [0.1, 0.15) is 0 Å². The molecule has 0 radical (unpaired) electrons. The van der Waals surface area contributed by atoms with E-state index in [1.165, 1.54) is 0 Å². The number of ether oxygens (including phenoxy) is 1. The van der Waals surface area contributed by atoms with Gasteiger partial charge >= 0.3 is 5.97 Å². The van der Waals surface area contributed by atoms with Crippen molar-refractivity contribution in [2.75, 3.05) is 13.7 Å². The summed E-state index contributed by atoms with van der Waals surface area (Å²) in [5, 5.41) is 0. The molecule has 0 aromatic carbocycles. The van der Waals surface area contributed by atoms with Crippen molar-refractivity contribution in [1.29, 1.82) is 0 Å². The first-order valence-electron chi connectivity index (χ1n) is 7.81. The zero-order chi connectivity index (χ0) is 17.7. The van der Waals surface area contributed by atoms with E-state index in [2.05, 4.69) is 0 Å². The summed E-state index contributed by atoms with van der Waals surface area (Å²) in [6.07, 6.45) is 1.79. The maximum absolute atomic E-state index is 12.6. The summed E-state index contributed by atoms with van der Waals surface area (Å²) in [6, 6.07) is -0.791. The number of hydrogen-bond donors (Lipinski definition) is 1. The first-order chi connectivity index (χ1) is 9.93. The molecule has 0 aliphatic rings. The lowest BCUT2D eigenvalue weighted by Gasteiger charge is -2.35.